The van der Waals surface area contributed by atoms with Crippen molar-refractivity contribution >= 4 is 50.9 Å². The molecule has 196 valence electrons. The molecular weight excluding hydrogens is 498 g/mol. The quantitative estimate of drug-likeness (QED) is 0.313. The maximum atomic E-state index is 13.5. The molecule has 3 amide bonds. The first-order valence-electron chi connectivity index (χ1n) is 12.6. The Hall–Kier alpha value is -2.49. The van der Waals surface area contributed by atoms with Crippen LogP contribution in [0.25, 0.3) is 10.2 Å². The summed E-state index contributed by atoms with van der Waals surface area (Å²) in [5.74, 6) is -0.373. The summed E-state index contributed by atoms with van der Waals surface area (Å²) in [6.45, 7) is 2.70. The third kappa shape index (κ3) is 8.57. The summed E-state index contributed by atoms with van der Waals surface area (Å²) in [5, 5.41) is 13.3. The highest BCUT2D eigenvalue weighted by Gasteiger charge is 2.29. The Morgan fingerprint density at radius 1 is 1.19 bits per heavy atom. The second-order valence-electron chi connectivity index (χ2n) is 9.12. The maximum absolute atomic E-state index is 13.5. The fourth-order valence-corrected chi connectivity index (χ4v) is 5.71. The van der Waals surface area contributed by atoms with Crippen molar-refractivity contribution in [3.05, 3.63) is 40.4 Å². The number of nitrogens with zero attached hydrogens (tertiary/aromatic N) is 1. The summed E-state index contributed by atoms with van der Waals surface area (Å²) in [7, 11) is 1.81. The zero-order chi connectivity index (χ0) is 25.9. The molecule has 0 saturated heterocycles. The molecule has 4 N–H and O–H groups in total. The lowest BCUT2D eigenvalue weighted by Crippen LogP contribution is -2.55. The summed E-state index contributed by atoms with van der Waals surface area (Å²) < 4.78 is 0.938. The Kier molecular flexibility index (Phi) is 11.2. The Balaban J connectivity index is 1.73. The highest BCUT2D eigenvalue weighted by atomic mass is 35.5. The summed E-state index contributed by atoms with van der Waals surface area (Å²) >= 11 is 7.58. The average molecular weight is 534 g/mol. The summed E-state index contributed by atoms with van der Waals surface area (Å²) in [6.07, 6.45) is 9.22. The van der Waals surface area contributed by atoms with Crippen LogP contribution in [-0.2, 0) is 20.8 Å². The molecule has 3 rings (SSSR count). The molecule has 36 heavy (non-hydrogen) atoms. The van der Waals surface area contributed by atoms with Gasteiger partial charge < -0.3 is 21.3 Å². The van der Waals surface area contributed by atoms with Gasteiger partial charge in [-0.2, -0.15) is 0 Å². The number of amides is 3. The molecule has 8 nitrogen and oxygen atoms in total. The van der Waals surface area contributed by atoms with Crippen LogP contribution in [0.3, 0.4) is 0 Å². The van der Waals surface area contributed by atoms with Gasteiger partial charge in [-0.25, -0.2) is 4.98 Å². The van der Waals surface area contributed by atoms with Crippen LogP contribution in [0.15, 0.2) is 30.4 Å². The summed E-state index contributed by atoms with van der Waals surface area (Å²) in [4.78, 5) is 42.6. The van der Waals surface area contributed by atoms with Crippen LogP contribution in [0.4, 0.5) is 0 Å². The molecule has 0 spiro atoms. The molecule has 1 aliphatic carbocycles. The highest BCUT2D eigenvalue weighted by molar-refractivity contribution is 7.18. The van der Waals surface area contributed by atoms with Crippen LogP contribution >= 0.6 is 22.9 Å². The van der Waals surface area contributed by atoms with Gasteiger partial charge in [-0.3, -0.25) is 14.4 Å². The van der Waals surface area contributed by atoms with E-state index in [1.807, 2.05) is 19.2 Å². The Morgan fingerprint density at radius 3 is 2.69 bits per heavy atom. The zero-order valence-corrected chi connectivity index (χ0v) is 22.5. The monoisotopic (exact) mass is 533 g/mol. The van der Waals surface area contributed by atoms with E-state index >= 15 is 0 Å². The van der Waals surface area contributed by atoms with Gasteiger partial charge in [-0.15, -0.1) is 11.3 Å². The van der Waals surface area contributed by atoms with Crippen LogP contribution in [0, 0.1) is 5.92 Å². The summed E-state index contributed by atoms with van der Waals surface area (Å²) in [6, 6.07) is 4.52. The van der Waals surface area contributed by atoms with Crippen molar-refractivity contribution in [2.45, 2.75) is 64.0 Å². The van der Waals surface area contributed by atoms with Gasteiger partial charge in [-0.1, -0.05) is 43.9 Å². The fraction of sp³-hybridized carbons (Fsp3) is 0.538. The van der Waals surface area contributed by atoms with Crippen LogP contribution in [0.5, 0.6) is 0 Å². The molecule has 2 atom stereocenters. The van der Waals surface area contributed by atoms with Crippen LogP contribution in [-0.4, -0.2) is 54.9 Å². The number of likely N-dealkylation sites (N-methyl/N-ethyl adjacent to an activating group) is 1. The van der Waals surface area contributed by atoms with E-state index in [2.05, 4.69) is 26.3 Å². The number of carbonyl (C=O) groups excluding carboxylic acids is 3. The van der Waals surface area contributed by atoms with E-state index in [0.29, 0.717) is 18.1 Å². The van der Waals surface area contributed by atoms with Crippen molar-refractivity contribution in [1.29, 1.82) is 0 Å². The predicted molar refractivity (Wildman–Crippen MR) is 145 cm³/mol. The van der Waals surface area contributed by atoms with Crippen molar-refractivity contribution in [3.63, 3.8) is 0 Å². The van der Waals surface area contributed by atoms with Crippen LogP contribution in [0.2, 0.25) is 5.02 Å². The molecule has 2 aromatic rings. The molecule has 1 aromatic carbocycles. The number of benzene rings is 1. The summed E-state index contributed by atoms with van der Waals surface area (Å²) in [5.41, 5.74) is 0.814. The number of aromatic nitrogens is 1. The molecule has 1 heterocycles. The minimum Gasteiger partial charge on any atom is -0.350 e. The second kappa shape index (κ2) is 14.3. The minimum atomic E-state index is -0.759. The number of fused-ring (bicyclic) bond motifs is 1. The Morgan fingerprint density at radius 2 is 1.97 bits per heavy atom. The molecule has 1 aliphatic rings. The smallest absolute Gasteiger partial charge is 0.243 e. The van der Waals surface area contributed by atoms with E-state index in [1.54, 1.807) is 19.1 Å². The topological polar surface area (TPSA) is 112 Å². The lowest BCUT2D eigenvalue weighted by molar-refractivity contribution is -0.129. The number of hydrogen-bond acceptors (Lipinski definition) is 6. The van der Waals surface area contributed by atoms with Crippen molar-refractivity contribution in [1.82, 2.24) is 26.3 Å². The molecule has 0 radical (unpaired) electrons. The van der Waals surface area contributed by atoms with Crippen molar-refractivity contribution in [2.24, 2.45) is 5.92 Å². The SMILES string of the molecule is CCC(=O)N[C@@H](Cc1nc2ccc(Cl)cc2s1)C(=O)NC(CNC(=O)/C=C/CNC)C1CCCCC1. The average Bonchev–Trinajstić information content (AvgIpc) is 3.28. The molecule has 1 aromatic heterocycles. The second-order valence-corrected chi connectivity index (χ2v) is 10.7. The van der Waals surface area contributed by atoms with E-state index in [-0.39, 0.29) is 42.5 Å². The third-order valence-electron chi connectivity index (χ3n) is 6.38. The first-order chi connectivity index (χ1) is 17.4. The van der Waals surface area contributed by atoms with E-state index in [1.165, 1.54) is 23.8 Å². The third-order valence-corrected chi connectivity index (χ3v) is 7.66. The molecular formula is C26H36ClN5O3S. The van der Waals surface area contributed by atoms with Gasteiger partial charge in [0.2, 0.25) is 17.7 Å². The first-order valence-corrected chi connectivity index (χ1v) is 13.8. The molecule has 0 bridgehead atoms. The van der Waals surface area contributed by atoms with E-state index in [4.69, 9.17) is 11.6 Å². The largest absolute Gasteiger partial charge is 0.350 e. The van der Waals surface area contributed by atoms with E-state index in [9.17, 15) is 14.4 Å². The van der Waals surface area contributed by atoms with Gasteiger partial charge in [0.1, 0.15) is 6.04 Å². The minimum absolute atomic E-state index is 0.190. The number of hydrogen-bond donors (Lipinski definition) is 4. The van der Waals surface area contributed by atoms with Crippen LogP contribution < -0.4 is 21.3 Å². The molecule has 1 unspecified atom stereocenters. The Bertz CT molecular complexity index is 1070. The predicted octanol–water partition coefficient (Wildman–Crippen LogP) is 3.34. The number of nitrogens with one attached hydrogen (secondary N) is 4. The molecule has 10 heteroatoms. The van der Waals surface area contributed by atoms with E-state index < -0.39 is 6.04 Å². The van der Waals surface area contributed by atoms with Crippen molar-refractivity contribution in [2.75, 3.05) is 20.1 Å². The molecule has 1 saturated carbocycles. The van der Waals surface area contributed by atoms with Crippen molar-refractivity contribution < 1.29 is 14.4 Å². The normalized spacial score (nSPS) is 16.1. The molecule has 0 aliphatic heterocycles. The van der Waals surface area contributed by atoms with Gasteiger partial charge in [0.15, 0.2) is 0 Å². The highest BCUT2D eigenvalue weighted by Crippen LogP contribution is 2.28. The Labute approximate surface area is 221 Å². The van der Waals surface area contributed by atoms with Gasteiger partial charge in [0.05, 0.1) is 15.2 Å². The van der Waals surface area contributed by atoms with Gasteiger partial charge in [0, 0.05) is 43.1 Å². The number of rotatable bonds is 12. The first kappa shape index (κ1) is 28.1. The lowest BCUT2D eigenvalue weighted by atomic mass is 9.83. The molecule has 1 fully saturated rings. The van der Waals surface area contributed by atoms with Crippen molar-refractivity contribution in [3.8, 4) is 0 Å². The number of thiazole rings is 1. The van der Waals surface area contributed by atoms with Gasteiger partial charge in [-0.05, 0) is 44.0 Å². The number of halogens is 1. The zero-order valence-electron chi connectivity index (χ0n) is 20.9. The lowest BCUT2D eigenvalue weighted by Gasteiger charge is -2.32. The van der Waals surface area contributed by atoms with Gasteiger partial charge in [0.25, 0.3) is 0 Å². The van der Waals surface area contributed by atoms with Gasteiger partial charge >= 0.3 is 0 Å². The fourth-order valence-electron chi connectivity index (χ4n) is 4.42. The number of carbonyl (C=O) groups is 3. The van der Waals surface area contributed by atoms with Crippen LogP contribution in [0.1, 0.15) is 50.5 Å². The van der Waals surface area contributed by atoms with E-state index in [0.717, 1.165) is 40.9 Å². The standard InChI is InChI=1S/C26H36ClN5O3S/c1-3-23(33)30-20(15-25-31-19-12-11-18(27)14-22(19)36-25)26(35)32-21(17-8-5-4-6-9-17)16-29-24(34)10-7-13-28-2/h7,10-12,14,17,20-21,28H,3-6,8-9,13,15-16H2,1-2H3,(H,29,34)(H,30,33)(H,32,35)/b10-7+/t20-,21?/m0/s1. The maximum Gasteiger partial charge on any atom is 0.243 e.